The quantitative estimate of drug-likeness (QED) is 0.557. The normalized spacial score (nSPS) is 21.7. The Hall–Kier alpha value is -1.28. The van der Waals surface area contributed by atoms with Gasteiger partial charge in [0.1, 0.15) is 5.75 Å². The van der Waals surface area contributed by atoms with Crippen LogP contribution in [-0.4, -0.2) is 76.6 Å². The van der Waals surface area contributed by atoms with E-state index >= 15 is 0 Å². The van der Waals surface area contributed by atoms with E-state index in [1.54, 1.807) is 12.1 Å². The molecule has 0 bridgehead atoms. The average molecular weight is 469 g/mol. The molecule has 1 unspecified atom stereocenters. The van der Waals surface area contributed by atoms with Gasteiger partial charge in [0.15, 0.2) is 0 Å². The highest BCUT2D eigenvalue weighted by molar-refractivity contribution is 5.39. The summed E-state index contributed by atoms with van der Waals surface area (Å²) < 4.78 is 32.9. The third-order valence-electron chi connectivity index (χ3n) is 7.19. The molecule has 0 radical (unpaired) electrons. The summed E-state index contributed by atoms with van der Waals surface area (Å²) in [4.78, 5) is 4.64. The topological polar surface area (TPSA) is 56.2 Å². The Kier molecular flexibility index (Phi) is 8.41. The fourth-order valence-electron chi connectivity index (χ4n) is 5.31. The van der Waals surface area contributed by atoms with Crippen molar-refractivity contribution in [2.75, 3.05) is 39.3 Å². The van der Waals surface area contributed by atoms with Crippen LogP contribution in [0.25, 0.3) is 0 Å². The molecule has 0 aromatic heterocycles. The number of hydrogen-bond acceptors (Lipinski definition) is 5. The van der Waals surface area contributed by atoms with Gasteiger partial charge in [-0.3, -0.25) is 4.90 Å². The predicted octanol–water partition coefficient (Wildman–Crippen LogP) is 4.54. The molecule has 1 aromatic carbocycles. The molecule has 0 spiro atoms. The number of β-amino-alcohol motifs (C(OH)–C–C–N with tert-alkyl or cyclic N) is 1. The Bertz CT molecular complexity index is 767. The summed E-state index contributed by atoms with van der Waals surface area (Å²) in [5.74, 6) is -0.0145. The number of nitrogens with zero attached hydrogens (tertiary/aromatic N) is 2. The van der Waals surface area contributed by atoms with Crippen molar-refractivity contribution >= 4 is 0 Å². The second-order valence-electron chi connectivity index (χ2n) is 10.7. The van der Waals surface area contributed by atoms with Crippen molar-refractivity contribution in [1.82, 2.24) is 9.80 Å². The van der Waals surface area contributed by atoms with Crippen molar-refractivity contribution in [3.05, 3.63) is 29.3 Å². The zero-order valence-corrected chi connectivity index (χ0v) is 20.7. The molecule has 2 N–H and O–H groups in total. The van der Waals surface area contributed by atoms with Crippen LogP contribution in [0.4, 0.5) is 8.78 Å². The minimum absolute atomic E-state index is 0.154. The van der Waals surface area contributed by atoms with Gasteiger partial charge in [-0.25, -0.2) is 0 Å². The van der Waals surface area contributed by atoms with Crippen LogP contribution in [0, 0.1) is 6.92 Å². The van der Waals surface area contributed by atoms with E-state index in [1.165, 1.54) is 6.92 Å². The van der Waals surface area contributed by atoms with E-state index < -0.39 is 23.7 Å². The predicted molar refractivity (Wildman–Crippen MR) is 127 cm³/mol. The summed E-state index contributed by atoms with van der Waals surface area (Å²) in [5.41, 5.74) is 0.327. The van der Waals surface area contributed by atoms with Gasteiger partial charge in [-0.2, -0.15) is 8.78 Å². The maximum Gasteiger partial charge on any atom is 0.397 e. The van der Waals surface area contributed by atoms with Crippen molar-refractivity contribution in [1.29, 1.82) is 0 Å². The van der Waals surface area contributed by atoms with Gasteiger partial charge in [-0.1, -0.05) is 32.3 Å². The number of aliphatic hydroxyl groups is 2. The van der Waals surface area contributed by atoms with E-state index in [-0.39, 0.29) is 11.7 Å². The Morgan fingerprint density at radius 3 is 2.24 bits per heavy atom. The highest BCUT2D eigenvalue weighted by Gasteiger charge is 2.41. The molecule has 1 aliphatic carbocycles. The number of ether oxygens (including phenoxy) is 1. The van der Waals surface area contributed by atoms with Crippen LogP contribution in [0.15, 0.2) is 18.2 Å². The average Bonchev–Trinajstić information content (AvgIpc) is 2.74. The van der Waals surface area contributed by atoms with Crippen LogP contribution < -0.4 is 4.74 Å². The Balaban J connectivity index is 1.81. The third-order valence-corrected chi connectivity index (χ3v) is 7.19. The van der Waals surface area contributed by atoms with Crippen molar-refractivity contribution < 1.29 is 23.7 Å². The molecular formula is C26H42F2N2O3. The molecular weight excluding hydrogens is 426 g/mol. The molecule has 1 atom stereocenters. The van der Waals surface area contributed by atoms with Crippen molar-refractivity contribution in [2.24, 2.45) is 0 Å². The molecule has 1 saturated carbocycles. The van der Waals surface area contributed by atoms with Crippen molar-refractivity contribution in [3.63, 3.8) is 0 Å². The van der Waals surface area contributed by atoms with Gasteiger partial charge >= 0.3 is 6.11 Å². The zero-order valence-electron chi connectivity index (χ0n) is 20.7. The molecule has 188 valence electrons. The first kappa shape index (κ1) is 26.3. The first-order valence-electron chi connectivity index (χ1n) is 12.5. The number of hydrogen-bond donors (Lipinski definition) is 2. The van der Waals surface area contributed by atoms with Gasteiger partial charge < -0.3 is 19.8 Å². The van der Waals surface area contributed by atoms with E-state index in [0.29, 0.717) is 13.1 Å². The maximum absolute atomic E-state index is 13.9. The first-order chi connectivity index (χ1) is 15.4. The minimum atomic E-state index is -3.21. The van der Waals surface area contributed by atoms with E-state index in [0.717, 1.165) is 69.4 Å². The SMILES string of the molecule is CCC(F)(F)Oc1ccc(C)c(C(CN2CCN(CC(C)(C)O)CC2)C2(O)CCCCC2)c1. The number of alkyl halides is 2. The number of piperazine rings is 1. The highest BCUT2D eigenvalue weighted by atomic mass is 19.3. The third kappa shape index (κ3) is 7.35. The molecule has 1 saturated heterocycles. The molecule has 33 heavy (non-hydrogen) atoms. The van der Waals surface area contributed by atoms with Gasteiger partial charge in [0.05, 0.1) is 11.2 Å². The Morgan fingerprint density at radius 2 is 1.67 bits per heavy atom. The fourth-order valence-corrected chi connectivity index (χ4v) is 5.31. The molecule has 2 fully saturated rings. The van der Waals surface area contributed by atoms with Gasteiger partial charge in [0, 0.05) is 51.6 Å². The molecule has 7 heteroatoms. The second kappa shape index (κ2) is 10.5. The minimum Gasteiger partial charge on any atom is -0.433 e. The van der Waals surface area contributed by atoms with Gasteiger partial charge in [0.2, 0.25) is 0 Å². The van der Waals surface area contributed by atoms with Crippen LogP contribution in [-0.2, 0) is 0 Å². The molecule has 2 aliphatic rings. The standard InChI is InChI=1S/C26H42F2N2O3/c1-5-26(27,28)33-21-10-9-20(2)22(17-21)23(25(32)11-7-6-8-12-25)18-29-13-15-30(16-14-29)19-24(3,4)31/h9-10,17,23,31-32H,5-8,11-16,18-19H2,1-4H3. The summed E-state index contributed by atoms with van der Waals surface area (Å²) >= 11 is 0. The fraction of sp³-hybridized carbons (Fsp3) is 0.769. The number of halogens is 2. The highest BCUT2D eigenvalue weighted by Crippen LogP contribution is 2.43. The molecule has 1 heterocycles. The van der Waals surface area contributed by atoms with Crippen LogP contribution in [0.3, 0.4) is 0 Å². The summed E-state index contributed by atoms with van der Waals surface area (Å²) in [5, 5.41) is 21.9. The summed E-state index contributed by atoms with van der Waals surface area (Å²) in [7, 11) is 0. The molecule has 5 nitrogen and oxygen atoms in total. The molecule has 3 rings (SSSR count). The Morgan fingerprint density at radius 1 is 1.06 bits per heavy atom. The summed E-state index contributed by atoms with van der Waals surface area (Å²) in [6.45, 7) is 11.8. The first-order valence-corrected chi connectivity index (χ1v) is 12.5. The Labute approximate surface area is 197 Å². The molecule has 1 aromatic rings. The maximum atomic E-state index is 13.9. The lowest BCUT2D eigenvalue weighted by molar-refractivity contribution is -0.177. The van der Waals surface area contributed by atoms with Crippen LogP contribution >= 0.6 is 0 Å². The molecule has 1 aliphatic heterocycles. The monoisotopic (exact) mass is 468 g/mol. The second-order valence-corrected chi connectivity index (χ2v) is 10.7. The number of benzene rings is 1. The van der Waals surface area contributed by atoms with E-state index in [2.05, 4.69) is 9.80 Å². The lowest BCUT2D eigenvalue weighted by Crippen LogP contribution is -2.53. The van der Waals surface area contributed by atoms with Crippen molar-refractivity contribution in [3.8, 4) is 5.75 Å². The summed E-state index contributed by atoms with van der Waals surface area (Å²) in [6, 6.07) is 5.15. The lowest BCUT2D eigenvalue weighted by atomic mass is 9.71. The van der Waals surface area contributed by atoms with Crippen LogP contribution in [0.1, 0.15) is 76.3 Å². The smallest absolute Gasteiger partial charge is 0.397 e. The van der Waals surface area contributed by atoms with Gasteiger partial charge in [-0.05, 0) is 56.9 Å². The van der Waals surface area contributed by atoms with E-state index in [9.17, 15) is 19.0 Å². The molecule has 0 amide bonds. The van der Waals surface area contributed by atoms with Gasteiger partial charge in [-0.15, -0.1) is 0 Å². The number of aryl methyl sites for hydroxylation is 1. The number of rotatable bonds is 9. The lowest BCUT2D eigenvalue weighted by Gasteiger charge is -2.44. The largest absolute Gasteiger partial charge is 0.433 e. The van der Waals surface area contributed by atoms with E-state index in [4.69, 9.17) is 4.74 Å². The zero-order chi connectivity index (χ0) is 24.3. The van der Waals surface area contributed by atoms with Gasteiger partial charge in [0.25, 0.3) is 0 Å². The van der Waals surface area contributed by atoms with Crippen LogP contribution in [0.5, 0.6) is 5.75 Å². The summed E-state index contributed by atoms with van der Waals surface area (Å²) in [6.07, 6.45) is 0.942. The van der Waals surface area contributed by atoms with Crippen LogP contribution in [0.2, 0.25) is 0 Å². The van der Waals surface area contributed by atoms with Crippen molar-refractivity contribution in [2.45, 2.75) is 89.4 Å². The van der Waals surface area contributed by atoms with E-state index in [1.807, 2.05) is 26.8 Å².